The highest BCUT2D eigenvalue weighted by molar-refractivity contribution is 7.89. The number of nitrogens with one attached hydrogen (secondary N) is 2. The molecule has 1 amide bonds. The van der Waals surface area contributed by atoms with E-state index in [1.165, 1.54) is 12.1 Å². The van der Waals surface area contributed by atoms with Crippen molar-refractivity contribution in [2.45, 2.75) is 45.1 Å². The minimum absolute atomic E-state index is 0.104. The van der Waals surface area contributed by atoms with Crippen LogP contribution in [0.4, 0.5) is 0 Å². The second-order valence-corrected chi connectivity index (χ2v) is 7.46. The zero-order chi connectivity index (χ0) is 16.0. The van der Waals surface area contributed by atoms with Crippen LogP contribution in [0, 0.1) is 5.92 Å². The summed E-state index contributed by atoms with van der Waals surface area (Å²) in [6, 6.07) is 5.87. The summed E-state index contributed by atoms with van der Waals surface area (Å²) in [7, 11) is -3.58. The third-order valence-corrected chi connectivity index (χ3v) is 4.46. The molecule has 21 heavy (non-hydrogen) atoms. The Morgan fingerprint density at radius 1 is 1.19 bits per heavy atom. The molecule has 0 radical (unpaired) electrons. The standard InChI is InChI=1S/C15H24N2O3S/c1-11(2)8-9-16-15(18)13-6-5-7-14(10-13)21(19,20)17-12(3)4/h5-7,10-12,17H,8-9H2,1-4H3,(H,16,18). The van der Waals surface area contributed by atoms with Crippen LogP contribution >= 0.6 is 0 Å². The maximum Gasteiger partial charge on any atom is 0.251 e. The number of benzene rings is 1. The maximum absolute atomic E-state index is 12.1. The molecule has 0 saturated carbocycles. The number of hydrogen-bond acceptors (Lipinski definition) is 3. The average Bonchev–Trinajstić information content (AvgIpc) is 2.37. The predicted molar refractivity (Wildman–Crippen MR) is 83.7 cm³/mol. The van der Waals surface area contributed by atoms with Crippen LogP contribution in [-0.2, 0) is 10.0 Å². The molecule has 5 nitrogen and oxygen atoms in total. The second-order valence-electron chi connectivity index (χ2n) is 5.74. The van der Waals surface area contributed by atoms with Crippen LogP contribution in [0.5, 0.6) is 0 Å². The van der Waals surface area contributed by atoms with Crippen molar-refractivity contribution in [2.24, 2.45) is 5.92 Å². The van der Waals surface area contributed by atoms with E-state index in [-0.39, 0.29) is 16.8 Å². The fourth-order valence-corrected chi connectivity index (χ4v) is 3.06. The largest absolute Gasteiger partial charge is 0.352 e. The Morgan fingerprint density at radius 2 is 1.86 bits per heavy atom. The average molecular weight is 312 g/mol. The Labute approximate surface area is 127 Å². The molecule has 0 unspecified atom stereocenters. The molecular weight excluding hydrogens is 288 g/mol. The number of amides is 1. The van der Waals surface area contributed by atoms with Crippen LogP contribution in [0.15, 0.2) is 29.2 Å². The Kier molecular flexibility index (Phi) is 6.36. The SMILES string of the molecule is CC(C)CCNC(=O)c1cccc(S(=O)(=O)NC(C)C)c1. The number of carbonyl (C=O) groups excluding carboxylic acids is 1. The first-order chi connectivity index (χ1) is 9.72. The summed E-state index contributed by atoms with van der Waals surface area (Å²) >= 11 is 0. The molecule has 2 N–H and O–H groups in total. The lowest BCUT2D eigenvalue weighted by Crippen LogP contribution is -2.30. The summed E-state index contributed by atoms with van der Waals surface area (Å²) < 4.78 is 26.7. The topological polar surface area (TPSA) is 75.3 Å². The lowest BCUT2D eigenvalue weighted by atomic mass is 10.1. The van der Waals surface area contributed by atoms with Gasteiger partial charge in [-0.05, 0) is 44.4 Å². The minimum atomic E-state index is -3.58. The van der Waals surface area contributed by atoms with Gasteiger partial charge in [-0.1, -0.05) is 19.9 Å². The molecule has 0 atom stereocenters. The second kappa shape index (κ2) is 7.56. The quantitative estimate of drug-likeness (QED) is 0.810. The van der Waals surface area contributed by atoms with E-state index in [2.05, 4.69) is 23.9 Å². The first-order valence-electron chi connectivity index (χ1n) is 7.13. The van der Waals surface area contributed by atoms with Crippen LogP contribution in [0.3, 0.4) is 0 Å². The van der Waals surface area contributed by atoms with Crippen LogP contribution in [0.1, 0.15) is 44.5 Å². The van der Waals surface area contributed by atoms with Gasteiger partial charge >= 0.3 is 0 Å². The minimum Gasteiger partial charge on any atom is -0.352 e. The van der Waals surface area contributed by atoms with Crippen molar-refractivity contribution < 1.29 is 13.2 Å². The van der Waals surface area contributed by atoms with Crippen LogP contribution in [0.2, 0.25) is 0 Å². The lowest BCUT2D eigenvalue weighted by molar-refractivity contribution is 0.0952. The monoisotopic (exact) mass is 312 g/mol. The zero-order valence-electron chi connectivity index (χ0n) is 13.0. The molecule has 1 aromatic carbocycles. The molecule has 0 fully saturated rings. The summed E-state index contributed by atoms with van der Waals surface area (Å²) in [4.78, 5) is 12.1. The van der Waals surface area contributed by atoms with Crippen molar-refractivity contribution in [3.05, 3.63) is 29.8 Å². The fraction of sp³-hybridized carbons (Fsp3) is 0.533. The molecule has 0 heterocycles. The van der Waals surface area contributed by atoms with Crippen molar-refractivity contribution in [1.29, 1.82) is 0 Å². The van der Waals surface area contributed by atoms with Crippen molar-refractivity contribution in [2.75, 3.05) is 6.54 Å². The molecule has 0 aliphatic heterocycles. The van der Waals surface area contributed by atoms with E-state index >= 15 is 0 Å². The van der Waals surface area contributed by atoms with Gasteiger partial charge in [0.25, 0.3) is 5.91 Å². The first kappa shape index (κ1) is 17.7. The van der Waals surface area contributed by atoms with Crippen molar-refractivity contribution in [3.8, 4) is 0 Å². The number of hydrogen-bond donors (Lipinski definition) is 2. The summed E-state index contributed by atoms with van der Waals surface area (Å²) in [5, 5.41) is 2.80. The van der Waals surface area contributed by atoms with E-state index in [1.807, 2.05) is 0 Å². The number of carbonyl (C=O) groups is 1. The van der Waals surface area contributed by atoms with Gasteiger partial charge in [0.05, 0.1) is 4.90 Å². The molecule has 1 aromatic rings. The van der Waals surface area contributed by atoms with Crippen molar-refractivity contribution in [3.63, 3.8) is 0 Å². The van der Waals surface area contributed by atoms with Crippen LogP contribution in [0.25, 0.3) is 0 Å². The Bertz CT molecular complexity index is 580. The predicted octanol–water partition coefficient (Wildman–Crippen LogP) is 2.15. The van der Waals surface area contributed by atoms with Gasteiger partial charge < -0.3 is 5.32 Å². The van der Waals surface area contributed by atoms with E-state index in [4.69, 9.17) is 0 Å². The molecule has 0 aliphatic carbocycles. The lowest BCUT2D eigenvalue weighted by Gasteiger charge is -2.11. The number of rotatable bonds is 7. The molecule has 1 rings (SSSR count). The zero-order valence-corrected chi connectivity index (χ0v) is 13.8. The van der Waals surface area contributed by atoms with E-state index < -0.39 is 10.0 Å². The Morgan fingerprint density at radius 3 is 2.43 bits per heavy atom. The van der Waals surface area contributed by atoms with Gasteiger partial charge in [-0.2, -0.15) is 0 Å². The molecule has 6 heteroatoms. The highest BCUT2D eigenvalue weighted by atomic mass is 32.2. The van der Waals surface area contributed by atoms with Gasteiger partial charge in [0.15, 0.2) is 0 Å². The van der Waals surface area contributed by atoms with Crippen LogP contribution < -0.4 is 10.0 Å². The summed E-state index contributed by atoms with van der Waals surface area (Å²) in [6.45, 7) is 8.24. The molecule has 118 valence electrons. The Balaban J connectivity index is 2.83. The van der Waals surface area contributed by atoms with E-state index in [1.54, 1.807) is 26.0 Å². The van der Waals surface area contributed by atoms with Crippen molar-refractivity contribution in [1.82, 2.24) is 10.0 Å². The molecule has 0 saturated heterocycles. The van der Waals surface area contributed by atoms with Gasteiger partial charge in [-0.25, -0.2) is 13.1 Å². The number of sulfonamides is 1. The third kappa shape index (κ3) is 5.85. The van der Waals surface area contributed by atoms with Gasteiger partial charge in [0.2, 0.25) is 10.0 Å². The van der Waals surface area contributed by atoms with Crippen molar-refractivity contribution >= 4 is 15.9 Å². The summed E-state index contributed by atoms with van der Waals surface area (Å²) in [6.07, 6.45) is 0.888. The van der Waals surface area contributed by atoms with E-state index in [0.29, 0.717) is 18.0 Å². The summed E-state index contributed by atoms with van der Waals surface area (Å²) in [5.41, 5.74) is 0.352. The first-order valence-corrected chi connectivity index (χ1v) is 8.61. The molecule has 0 aromatic heterocycles. The molecule has 0 bridgehead atoms. The van der Waals surface area contributed by atoms with E-state index in [9.17, 15) is 13.2 Å². The molecular formula is C15H24N2O3S. The highest BCUT2D eigenvalue weighted by Crippen LogP contribution is 2.12. The van der Waals surface area contributed by atoms with Gasteiger partial charge in [-0.15, -0.1) is 0 Å². The van der Waals surface area contributed by atoms with Crippen LogP contribution in [-0.4, -0.2) is 26.9 Å². The summed E-state index contributed by atoms with van der Waals surface area (Å²) in [5.74, 6) is 0.254. The third-order valence-electron chi connectivity index (χ3n) is 2.80. The maximum atomic E-state index is 12.1. The van der Waals surface area contributed by atoms with Gasteiger partial charge in [0.1, 0.15) is 0 Å². The fourth-order valence-electron chi connectivity index (χ4n) is 1.76. The molecule has 0 aliphatic rings. The van der Waals surface area contributed by atoms with Gasteiger partial charge in [-0.3, -0.25) is 4.79 Å². The Hall–Kier alpha value is -1.40. The van der Waals surface area contributed by atoms with Gasteiger partial charge in [0, 0.05) is 18.2 Å². The normalized spacial score (nSPS) is 11.9. The van der Waals surface area contributed by atoms with E-state index in [0.717, 1.165) is 6.42 Å². The smallest absolute Gasteiger partial charge is 0.251 e. The molecule has 0 spiro atoms. The highest BCUT2D eigenvalue weighted by Gasteiger charge is 2.17.